The average Bonchev–Trinajstić information content (AvgIpc) is 2.80. The van der Waals surface area contributed by atoms with Crippen molar-refractivity contribution in [1.82, 2.24) is 5.43 Å². The molecule has 0 saturated heterocycles. The molecule has 0 bridgehead atoms. The lowest BCUT2D eigenvalue weighted by molar-refractivity contribution is -0.127. The lowest BCUT2D eigenvalue weighted by Gasteiger charge is -2.13. The Bertz CT molecular complexity index is 1020. The Hall–Kier alpha value is -3.32. The largest absolute Gasteiger partial charge is 0.493 e. The fourth-order valence-electron chi connectivity index (χ4n) is 2.65. The highest BCUT2D eigenvalue weighted by Crippen LogP contribution is 2.28. The van der Waals surface area contributed by atoms with Gasteiger partial charge >= 0.3 is 0 Å². The van der Waals surface area contributed by atoms with Crippen molar-refractivity contribution in [2.75, 3.05) is 7.11 Å². The van der Waals surface area contributed by atoms with Gasteiger partial charge in [0.25, 0.3) is 5.91 Å². The predicted octanol–water partition coefficient (Wildman–Crippen LogP) is 4.95. The summed E-state index contributed by atoms with van der Waals surface area (Å²) in [5, 5.41) is 4.01. The first kappa shape index (κ1) is 22.4. The summed E-state index contributed by atoms with van der Waals surface area (Å²) in [6.45, 7) is 2.10. The number of carbonyl (C=O) groups excluding carboxylic acids is 1. The summed E-state index contributed by atoms with van der Waals surface area (Å²) < 4.78 is 17.8. The highest BCUT2D eigenvalue weighted by Gasteiger charge is 2.14. The average molecular weight is 483 g/mol. The van der Waals surface area contributed by atoms with Crippen LogP contribution in [0, 0.1) is 0 Å². The van der Waals surface area contributed by atoms with Gasteiger partial charge in [-0.2, -0.15) is 5.10 Å². The molecule has 6 nitrogen and oxygen atoms in total. The van der Waals surface area contributed by atoms with Crippen molar-refractivity contribution < 1.29 is 19.0 Å². The van der Waals surface area contributed by atoms with Crippen LogP contribution in [0.3, 0.4) is 0 Å². The number of hydrogen-bond acceptors (Lipinski definition) is 5. The molecular formula is C24H23BrN2O4. The maximum absolute atomic E-state index is 12.2. The molecule has 3 aromatic carbocycles. The number of amides is 1. The molecule has 0 aliphatic heterocycles. The van der Waals surface area contributed by atoms with Gasteiger partial charge in [-0.3, -0.25) is 4.79 Å². The van der Waals surface area contributed by atoms with Gasteiger partial charge in [0.1, 0.15) is 12.4 Å². The second-order valence-corrected chi connectivity index (χ2v) is 7.55. The zero-order valence-electron chi connectivity index (χ0n) is 17.2. The van der Waals surface area contributed by atoms with Crippen molar-refractivity contribution in [3.63, 3.8) is 0 Å². The number of carbonyl (C=O) groups is 1. The van der Waals surface area contributed by atoms with Crippen LogP contribution in [-0.2, 0) is 11.4 Å². The SMILES string of the molecule is COc1cc(C=NNC(=O)C(C)Oc2ccc(Br)cc2)ccc1OCc1ccccc1. The van der Waals surface area contributed by atoms with Gasteiger partial charge in [0.2, 0.25) is 0 Å². The number of ether oxygens (including phenoxy) is 3. The molecule has 0 aliphatic rings. The third-order valence-electron chi connectivity index (χ3n) is 4.31. The van der Waals surface area contributed by atoms with Gasteiger partial charge < -0.3 is 14.2 Å². The van der Waals surface area contributed by atoms with Gasteiger partial charge in [-0.05, 0) is 60.5 Å². The Morgan fingerprint density at radius 2 is 1.81 bits per heavy atom. The number of hydrogen-bond donors (Lipinski definition) is 1. The van der Waals surface area contributed by atoms with E-state index in [1.807, 2.05) is 54.6 Å². The Morgan fingerprint density at radius 1 is 1.06 bits per heavy atom. The van der Waals surface area contributed by atoms with Crippen LogP contribution in [0.1, 0.15) is 18.1 Å². The van der Waals surface area contributed by atoms with Crippen molar-refractivity contribution in [3.8, 4) is 17.2 Å². The van der Waals surface area contributed by atoms with E-state index in [1.165, 1.54) is 6.21 Å². The van der Waals surface area contributed by atoms with Crippen LogP contribution in [0.2, 0.25) is 0 Å². The highest BCUT2D eigenvalue weighted by molar-refractivity contribution is 9.10. The van der Waals surface area contributed by atoms with Crippen LogP contribution in [0.4, 0.5) is 0 Å². The van der Waals surface area contributed by atoms with E-state index in [2.05, 4.69) is 26.5 Å². The molecular weight excluding hydrogens is 460 g/mol. The number of halogens is 1. The van der Waals surface area contributed by atoms with E-state index in [0.717, 1.165) is 15.6 Å². The van der Waals surface area contributed by atoms with E-state index in [9.17, 15) is 4.79 Å². The molecule has 0 spiro atoms. The zero-order valence-corrected chi connectivity index (χ0v) is 18.8. The molecule has 3 rings (SSSR count). The van der Waals surface area contributed by atoms with E-state index in [-0.39, 0.29) is 5.91 Å². The molecule has 1 atom stereocenters. The summed E-state index contributed by atoms with van der Waals surface area (Å²) in [4.78, 5) is 12.2. The van der Waals surface area contributed by atoms with Crippen LogP contribution in [0.15, 0.2) is 82.4 Å². The molecule has 3 aromatic rings. The van der Waals surface area contributed by atoms with Gasteiger partial charge in [0.05, 0.1) is 13.3 Å². The number of hydrazone groups is 1. The lowest BCUT2D eigenvalue weighted by Crippen LogP contribution is -2.33. The molecule has 160 valence electrons. The predicted molar refractivity (Wildman–Crippen MR) is 124 cm³/mol. The Balaban J connectivity index is 1.54. The second-order valence-electron chi connectivity index (χ2n) is 6.63. The number of rotatable bonds is 9. The summed E-state index contributed by atoms with van der Waals surface area (Å²) in [6, 6.07) is 22.6. The summed E-state index contributed by atoms with van der Waals surface area (Å²) in [7, 11) is 1.58. The van der Waals surface area contributed by atoms with Crippen molar-refractivity contribution in [3.05, 3.63) is 88.4 Å². The van der Waals surface area contributed by atoms with Gasteiger partial charge in [-0.1, -0.05) is 46.3 Å². The Labute approximate surface area is 190 Å². The van der Waals surface area contributed by atoms with Gasteiger partial charge in [0.15, 0.2) is 17.6 Å². The van der Waals surface area contributed by atoms with Gasteiger partial charge in [0, 0.05) is 4.47 Å². The quantitative estimate of drug-likeness (QED) is 0.345. The molecule has 31 heavy (non-hydrogen) atoms. The first-order valence-corrected chi connectivity index (χ1v) is 10.4. The molecule has 0 aromatic heterocycles. The number of nitrogens with zero attached hydrogens (tertiary/aromatic N) is 1. The normalized spacial score (nSPS) is 11.7. The van der Waals surface area contributed by atoms with Crippen LogP contribution >= 0.6 is 15.9 Å². The number of nitrogens with one attached hydrogen (secondary N) is 1. The van der Waals surface area contributed by atoms with E-state index in [1.54, 1.807) is 32.2 Å². The summed E-state index contributed by atoms with van der Waals surface area (Å²) in [5.41, 5.74) is 4.31. The molecule has 0 radical (unpaired) electrons. The number of benzene rings is 3. The van der Waals surface area contributed by atoms with Gasteiger partial charge in [-0.15, -0.1) is 0 Å². The zero-order chi connectivity index (χ0) is 22.1. The van der Waals surface area contributed by atoms with Crippen molar-refractivity contribution in [2.24, 2.45) is 5.10 Å². The van der Waals surface area contributed by atoms with Crippen molar-refractivity contribution in [1.29, 1.82) is 0 Å². The van der Waals surface area contributed by atoms with Crippen LogP contribution < -0.4 is 19.6 Å². The monoisotopic (exact) mass is 482 g/mol. The molecule has 1 unspecified atom stereocenters. The molecule has 0 aliphatic carbocycles. The van der Waals surface area contributed by atoms with E-state index in [4.69, 9.17) is 14.2 Å². The lowest BCUT2D eigenvalue weighted by atomic mass is 10.2. The molecule has 7 heteroatoms. The van der Waals surface area contributed by atoms with Crippen LogP contribution in [0.25, 0.3) is 0 Å². The van der Waals surface area contributed by atoms with E-state index >= 15 is 0 Å². The number of methoxy groups -OCH3 is 1. The molecule has 1 amide bonds. The third kappa shape index (κ3) is 6.86. The smallest absolute Gasteiger partial charge is 0.280 e. The summed E-state index contributed by atoms with van der Waals surface area (Å²) in [6.07, 6.45) is 0.843. The molecule has 0 saturated carbocycles. The maximum Gasteiger partial charge on any atom is 0.280 e. The molecule has 0 fully saturated rings. The molecule has 1 N–H and O–H groups in total. The maximum atomic E-state index is 12.2. The second kappa shape index (κ2) is 11.2. The van der Waals surface area contributed by atoms with Crippen molar-refractivity contribution in [2.45, 2.75) is 19.6 Å². The Kier molecular flexibility index (Phi) is 8.06. The first-order chi connectivity index (χ1) is 15.0. The van der Waals surface area contributed by atoms with E-state index in [0.29, 0.717) is 23.9 Å². The minimum atomic E-state index is -0.693. The minimum Gasteiger partial charge on any atom is -0.493 e. The molecule has 0 heterocycles. The van der Waals surface area contributed by atoms with E-state index < -0.39 is 6.10 Å². The van der Waals surface area contributed by atoms with Crippen LogP contribution in [0.5, 0.6) is 17.2 Å². The standard InChI is InChI=1S/C24H23BrN2O4/c1-17(31-21-11-9-20(25)10-12-21)24(28)27-26-15-19-8-13-22(23(14-19)29-2)30-16-18-6-4-3-5-7-18/h3-15,17H,16H2,1-2H3,(H,27,28). The van der Waals surface area contributed by atoms with Crippen LogP contribution in [-0.4, -0.2) is 25.3 Å². The fraction of sp³-hybridized carbons (Fsp3) is 0.167. The minimum absolute atomic E-state index is 0.353. The fourth-order valence-corrected chi connectivity index (χ4v) is 2.92. The van der Waals surface area contributed by atoms with Gasteiger partial charge in [-0.25, -0.2) is 5.43 Å². The summed E-state index contributed by atoms with van der Waals surface area (Å²) in [5.74, 6) is 1.46. The Morgan fingerprint density at radius 3 is 2.52 bits per heavy atom. The summed E-state index contributed by atoms with van der Waals surface area (Å²) >= 11 is 3.36. The third-order valence-corrected chi connectivity index (χ3v) is 4.84. The highest BCUT2D eigenvalue weighted by atomic mass is 79.9. The first-order valence-electron chi connectivity index (χ1n) is 9.65. The van der Waals surface area contributed by atoms with Crippen molar-refractivity contribution >= 4 is 28.1 Å². The topological polar surface area (TPSA) is 69.2 Å².